The lowest BCUT2D eigenvalue weighted by atomic mass is 10.0. The fourth-order valence-electron chi connectivity index (χ4n) is 2.65. The van der Waals surface area contributed by atoms with Gasteiger partial charge >= 0.3 is 0 Å². The third-order valence-electron chi connectivity index (χ3n) is 3.84. The Morgan fingerprint density at radius 2 is 2.16 bits per heavy atom. The summed E-state index contributed by atoms with van der Waals surface area (Å²) in [6.45, 7) is 0. The highest BCUT2D eigenvalue weighted by Gasteiger charge is 2.21. The molecule has 0 radical (unpaired) electrons. The minimum absolute atomic E-state index is 0.0760. The fraction of sp³-hybridized carbons (Fsp3) is 0.0625. The van der Waals surface area contributed by atoms with Gasteiger partial charge < -0.3 is 20.7 Å². The first-order chi connectivity index (χ1) is 12.6. The second-order valence-corrected chi connectivity index (χ2v) is 5.29. The predicted molar refractivity (Wildman–Crippen MR) is 90.2 cm³/mol. The molecule has 25 heavy (non-hydrogen) atoms. The number of aromatic nitrogens is 4. The van der Waals surface area contributed by atoms with Crippen molar-refractivity contribution in [2.45, 2.75) is 0 Å². The maximum absolute atomic E-state index is 14.6. The SMILES string of the molecule is [2H]COc1cc(-c2ncc(-c3cn[nH]c3)c3onc(N)c23)c(F)cc1N. The molecule has 0 aliphatic carbocycles. The highest BCUT2D eigenvalue weighted by molar-refractivity contribution is 6.05. The van der Waals surface area contributed by atoms with E-state index in [0.717, 1.165) is 11.6 Å². The average molecular weight is 341 g/mol. The van der Waals surface area contributed by atoms with Crippen LogP contribution in [0.1, 0.15) is 1.37 Å². The zero-order valence-corrected chi connectivity index (χ0v) is 12.8. The van der Waals surface area contributed by atoms with Crippen molar-refractivity contribution in [2.75, 3.05) is 18.6 Å². The summed E-state index contributed by atoms with van der Waals surface area (Å²) in [7, 11) is -0.354. The molecule has 3 heterocycles. The normalized spacial score (nSPS) is 11.6. The number of rotatable bonds is 3. The van der Waals surface area contributed by atoms with Gasteiger partial charge in [0.25, 0.3) is 0 Å². The number of H-pyrrole nitrogens is 1. The molecule has 3 aromatic heterocycles. The van der Waals surface area contributed by atoms with E-state index in [1.54, 1.807) is 12.4 Å². The van der Waals surface area contributed by atoms with Crippen molar-refractivity contribution in [1.29, 1.82) is 0 Å². The zero-order chi connectivity index (χ0) is 18.3. The molecule has 4 aromatic rings. The van der Waals surface area contributed by atoms with Crippen molar-refractivity contribution in [3.8, 4) is 28.1 Å². The zero-order valence-electron chi connectivity index (χ0n) is 13.8. The molecule has 0 aliphatic rings. The number of hydrogen-bond acceptors (Lipinski definition) is 7. The molecule has 1 aromatic carbocycles. The quantitative estimate of drug-likeness (QED) is 0.488. The van der Waals surface area contributed by atoms with Crippen molar-refractivity contribution in [3.63, 3.8) is 0 Å². The Hall–Kier alpha value is -3.62. The molecule has 0 spiro atoms. The van der Waals surface area contributed by atoms with E-state index in [-0.39, 0.29) is 35.6 Å². The highest BCUT2D eigenvalue weighted by Crippen LogP contribution is 2.39. The van der Waals surface area contributed by atoms with Crippen molar-refractivity contribution in [3.05, 3.63) is 36.5 Å². The predicted octanol–water partition coefficient (Wildman–Crippen LogP) is 2.59. The number of nitrogens with two attached hydrogens (primary N) is 2. The number of nitrogens with zero attached hydrogens (tertiary/aromatic N) is 3. The number of pyridine rings is 1. The molecular formula is C16H13FN6O2. The second-order valence-electron chi connectivity index (χ2n) is 5.29. The van der Waals surface area contributed by atoms with Gasteiger partial charge in [-0.1, -0.05) is 5.16 Å². The first-order valence-electron chi connectivity index (χ1n) is 7.85. The molecule has 9 heteroatoms. The number of benzene rings is 1. The number of ether oxygens (including phenoxy) is 1. The molecule has 126 valence electrons. The van der Waals surface area contributed by atoms with Crippen LogP contribution in [0, 0.1) is 5.82 Å². The Kier molecular flexibility index (Phi) is 3.02. The number of methoxy groups -OCH3 is 1. The Labute approximate surface area is 142 Å². The van der Waals surface area contributed by atoms with Gasteiger partial charge in [-0.2, -0.15) is 5.10 Å². The van der Waals surface area contributed by atoms with Crippen LogP contribution in [-0.4, -0.2) is 27.4 Å². The lowest BCUT2D eigenvalue weighted by Gasteiger charge is -2.10. The highest BCUT2D eigenvalue weighted by atomic mass is 19.1. The van der Waals surface area contributed by atoms with Crippen LogP contribution in [0.15, 0.2) is 35.2 Å². The van der Waals surface area contributed by atoms with Crippen molar-refractivity contribution in [1.82, 2.24) is 20.3 Å². The monoisotopic (exact) mass is 341 g/mol. The van der Waals surface area contributed by atoms with Crippen LogP contribution in [0.4, 0.5) is 15.9 Å². The number of nitrogens with one attached hydrogen (secondary N) is 1. The Bertz CT molecular complexity index is 1100. The molecular weight excluding hydrogens is 327 g/mol. The topological polar surface area (TPSA) is 129 Å². The molecule has 0 unspecified atom stereocenters. The van der Waals surface area contributed by atoms with Gasteiger partial charge in [-0.3, -0.25) is 10.1 Å². The van der Waals surface area contributed by atoms with Crippen LogP contribution in [0.5, 0.6) is 5.75 Å². The van der Waals surface area contributed by atoms with Crippen LogP contribution >= 0.6 is 0 Å². The molecule has 8 nitrogen and oxygen atoms in total. The molecule has 0 saturated carbocycles. The molecule has 5 N–H and O–H groups in total. The number of aromatic amines is 1. The maximum atomic E-state index is 14.6. The number of fused-ring (bicyclic) bond motifs is 1. The standard InChI is InChI=1S/C16H13FN6O2/c1-24-12-2-8(10(17)3-11(12)18)14-13-15(25-23-16(13)19)9(6-20-14)7-4-21-22-5-7/h2-6H,18H2,1H3,(H2,19,23)(H,21,22)/i1D. The van der Waals surface area contributed by atoms with E-state index >= 15 is 0 Å². The first-order valence-corrected chi connectivity index (χ1v) is 7.14. The van der Waals surface area contributed by atoms with E-state index in [9.17, 15) is 4.39 Å². The fourth-order valence-corrected chi connectivity index (χ4v) is 2.65. The Balaban J connectivity index is 1.98. The summed E-state index contributed by atoms with van der Waals surface area (Å²) in [5.74, 6) is -0.349. The van der Waals surface area contributed by atoms with Gasteiger partial charge in [0.05, 0.1) is 31.4 Å². The van der Waals surface area contributed by atoms with Crippen molar-refractivity contribution in [2.24, 2.45) is 0 Å². The van der Waals surface area contributed by atoms with Crippen LogP contribution in [-0.2, 0) is 0 Å². The van der Waals surface area contributed by atoms with Gasteiger partial charge in [-0.25, -0.2) is 4.39 Å². The van der Waals surface area contributed by atoms with Gasteiger partial charge in [-0.05, 0) is 6.07 Å². The van der Waals surface area contributed by atoms with Crippen LogP contribution < -0.4 is 16.2 Å². The van der Waals surface area contributed by atoms with E-state index in [2.05, 4.69) is 20.3 Å². The number of halogens is 1. The average Bonchev–Trinajstić information content (AvgIpc) is 3.28. The summed E-state index contributed by atoms with van der Waals surface area (Å²) in [5.41, 5.74) is 13.8. The summed E-state index contributed by atoms with van der Waals surface area (Å²) >= 11 is 0. The minimum atomic E-state index is -0.606. The third-order valence-corrected chi connectivity index (χ3v) is 3.84. The van der Waals surface area contributed by atoms with E-state index < -0.39 is 5.82 Å². The summed E-state index contributed by atoms with van der Waals surface area (Å²) in [6.07, 6.45) is 4.78. The number of nitrogen functional groups attached to an aromatic ring is 2. The Morgan fingerprint density at radius 1 is 1.28 bits per heavy atom. The largest absolute Gasteiger partial charge is 0.495 e. The summed E-state index contributed by atoms with van der Waals surface area (Å²) in [6, 6.07) is 2.49. The lowest BCUT2D eigenvalue weighted by molar-refractivity contribution is 0.416. The third kappa shape index (κ3) is 2.24. The smallest absolute Gasteiger partial charge is 0.180 e. The second kappa shape index (κ2) is 5.48. The molecule has 0 atom stereocenters. The number of hydrogen-bond donors (Lipinski definition) is 3. The summed E-state index contributed by atoms with van der Waals surface area (Å²) in [4.78, 5) is 4.35. The van der Waals surface area contributed by atoms with E-state index in [0.29, 0.717) is 16.5 Å². The lowest BCUT2D eigenvalue weighted by Crippen LogP contribution is -1.98. The van der Waals surface area contributed by atoms with E-state index in [4.69, 9.17) is 22.1 Å². The van der Waals surface area contributed by atoms with Gasteiger partial charge in [0.1, 0.15) is 11.6 Å². The van der Waals surface area contributed by atoms with E-state index in [1.165, 1.54) is 12.3 Å². The first kappa shape index (κ1) is 13.8. The van der Waals surface area contributed by atoms with Crippen LogP contribution in [0.2, 0.25) is 0 Å². The van der Waals surface area contributed by atoms with Gasteiger partial charge in [-0.15, -0.1) is 0 Å². The van der Waals surface area contributed by atoms with Gasteiger partial charge in [0.15, 0.2) is 11.4 Å². The Morgan fingerprint density at radius 3 is 2.92 bits per heavy atom. The molecule has 0 aliphatic heterocycles. The molecule has 0 bridgehead atoms. The van der Waals surface area contributed by atoms with Crippen molar-refractivity contribution < 1.29 is 15.0 Å². The van der Waals surface area contributed by atoms with Crippen molar-refractivity contribution >= 4 is 22.5 Å². The minimum Gasteiger partial charge on any atom is -0.495 e. The molecule has 4 rings (SSSR count). The number of anilines is 2. The van der Waals surface area contributed by atoms with E-state index in [1.807, 2.05) is 0 Å². The van der Waals surface area contributed by atoms with Crippen LogP contribution in [0.3, 0.4) is 0 Å². The molecule has 0 fully saturated rings. The van der Waals surface area contributed by atoms with Crippen LogP contribution in [0.25, 0.3) is 33.4 Å². The summed E-state index contributed by atoms with van der Waals surface area (Å²) < 4.78 is 32.2. The molecule has 0 saturated heterocycles. The summed E-state index contributed by atoms with van der Waals surface area (Å²) in [5, 5.41) is 10.7. The van der Waals surface area contributed by atoms with Gasteiger partial charge in [0, 0.05) is 35.2 Å². The van der Waals surface area contributed by atoms with Gasteiger partial charge in [0.2, 0.25) is 0 Å². The maximum Gasteiger partial charge on any atom is 0.180 e. The molecule has 0 amide bonds.